The van der Waals surface area contributed by atoms with Crippen LogP contribution in [0.25, 0.3) is 0 Å². The maximum absolute atomic E-state index is 10.9. The van der Waals surface area contributed by atoms with E-state index in [4.69, 9.17) is 5.11 Å². The number of carboxylic acid groups (broad SMARTS) is 1. The number of rotatable bonds is 4. The lowest BCUT2D eigenvalue weighted by Crippen LogP contribution is -2.27. The van der Waals surface area contributed by atoms with Gasteiger partial charge in [-0.25, -0.2) is 9.78 Å². The predicted molar refractivity (Wildman–Crippen MR) is 75.8 cm³/mol. The van der Waals surface area contributed by atoms with Crippen molar-refractivity contribution >= 4 is 11.8 Å². The highest BCUT2D eigenvalue weighted by Crippen LogP contribution is 2.39. The SMILES string of the molecule is CCC1(CC)CCN(c2ncc(C(=O)O)cc2C)C1. The molecule has 0 aromatic carbocycles. The fourth-order valence-electron chi connectivity index (χ4n) is 2.96. The van der Waals surface area contributed by atoms with Crippen LogP contribution in [0.5, 0.6) is 0 Å². The van der Waals surface area contributed by atoms with Gasteiger partial charge in [0.2, 0.25) is 0 Å². The summed E-state index contributed by atoms with van der Waals surface area (Å²) in [5.74, 6) is 0.0220. The van der Waals surface area contributed by atoms with Crippen LogP contribution in [0, 0.1) is 12.3 Å². The van der Waals surface area contributed by atoms with E-state index >= 15 is 0 Å². The Kier molecular flexibility index (Phi) is 3.78. The number of aromatic carboxylic acids is 1. The van der Waals surface area contributed by atoms with Gasteiger partial charge < -0.3 is 10.0 Å². The Hall–Kier alpha value is -1.58. The van der Waals surface area contributed by atoms with Gasteiger partial charge in [0, 0.05) is 19.3 Å². The first-order valence-electron chi connectivity index (χ1n) is 6.96. The van der Waals surface area contributed by atoms with E-state index in [-0.39, 0.29) is 5.56 Å². The summed E-state index contributed by atoms with van der Waals surface area (Å²) in [5, 5.41) is 8.97. The lowest BCUT2D eigenvalue weighted by atomic mass is 9.82. The Morgan fingerprint density at radius 1 is 1.47 bits per heavy atom. The zero-order chi connectivity index (χ0) is 14.0. The predicted octanol–water partition coefficient (Wildman–Crippen LogP) is 3.10. The first-order chi connectivity index (χ1) is 9.01. The molecule has 0 aliphatic carbocycles. The summed E-state index contributed by atoms with van der Waals surface area (Å²) >= 11 is 0. The molecule has 104 valence electrons. The molecular formula is C15H22N2O2. The van der Waals surface area contributed by atoms with Gasteiger partial charge in [0.05, 0.1) is 5.56 Å². The molecule has 2 heterocycles. The van der Waals surface area contributed by atoms with E-state index in [0.717, 1.165) is 24.5 Å². The number of hydrogen-bond acceptors (Lipinski definition) is 3. The van der Waals surface area contributed by atoms with Crippen molar-refractivity contribution in [3.8, 4) is 0 Å². The smallest absolute Gasteiger partial charge is 0.337 e. The zero-order valence-electron chi connectivity index (χ0n) is 11.9. The molecule has 1 N–H and O–H groups in total. The molecule has 1 aliphatic rings. The molecule has 1 fully saturated rings. The summed E-state index contributed by atoms with van der Waals surface area (Å²) in [5.41, 5.74) is 1.61. The van der Waals surface area contributed by atoms with Crippen LogP contribution in [-0.2, 0) is 0 Å². The summed E-state index contributed by atoms with van der Waals surface area (Å²) in [6.45, 7) is 8.48. The minimum absolute atomic E-state index is 0.262. The maximum atomic E-state index is 10.9. The van der Waals surface area contributed by atoms with Crippen LogP contribution in [0.2, 0.25) is 0 Å². The molecule has 1 aliphatic heterocycles. The number of carboxylic acids is 1. The van der Waals surface area contributed by atoms with E-state index in [9.17, 15) is 4.79 Å². The molecule has 4 heteroatoms. The average Bonchev–Trinajstić information content (AvgIpc) is 2.83. The zero-order valence-corrected chi connectivity index (χ0v) is 11.9. The Bertz CT molecular complexity index is 481. The van der Waals surface area contributed by atoms with Gasteiger partial charge >= 0.3 is 5.97 Å². The van der Waals surface area contributed by atoms with Crippen LogP contribution in [0.4, 0.5) is 5.82 Å². The summed E-state index contributed by atoms with van der Waals surface area (Å²) < 4.78 is 0. The minimum atomic E-state index is -0.917. The van der Waals surface area contributed by atoms with Crippen LogP contribution >= 0.6 is 0 Å². The molecule has 4 nitrogen and oxygen atoms in total. The molecule has 0 atom stereocenters. The fraction of sp³-hybridized carbons (Fsp3) is 0.600. The molecule has 0 unspecified atom stereocenters. The lowest BCUT2D eigenvalue weighted by molar-refractivity contribution is 0.0696. The molecule has 1 aromatic rings. The van der Waals surface area contributed by atoms with Gasteiger partial charge in [-0.05, 0) is 43.2 Å². The molecular weight excluding hydrogens is 240 g/mol. The number of aryl methyl sites for hydroxylation is 1. The summed E-state index contributed by atoms with van der Waals surface area (Å²) in [6, 6.07) is 1.71. The van der Waals surface area contributed by atoms with Crippen LogP contribution < -0.4 is 4.90 Å². The second kappa shape index (κ2) is 5.19. The van der Waals surface area contributed by atoms with Crippen LogP contribution in [0.1, 0.15) is 49.0 Å². The highest BCUT2D eigenvalue weighted by Gasteiger charge is 2.35. The second-order valence-electron chi connectivity index (χ2n) is 5.55. The summed E-state index contributed by atoms with van der Waals surface area (Å²) in [7, 11) is 0. The highest BCUT2D eigenvalue weighted by molar-refractivity contribution is 5.87. The molecule has 1 aromatic heterocycles. The van der Waals surface area contributed by atoms with Crippen molar-refractivity contribution in [1.82, 2.24) is 4.98 Å². The van der Waals surface area contributed by atoms with Crippen LogP contribution in [0.15, 0.2) is 12.3 Å². The summed E-state index contributed by atoms with van der Waals surface area (Å²) in [4.78, 5) is 17.6. The maximum Gasteiger partial charge on any atom is 0.337 e. The van der Waals surface area contributed by atoms with Crippen molar-refractivity contribution in [1.29, 1.82) is 0 Å². The van der Waals surface area contributed by atoms with Gasteiger partial charge in [0.25, 0.3) is 0 Å². The third-order valence-electron chi connectivity index (χ3n) is 4.54. The van der Waals surface area contributed by atoms with E-state index in [1.165, 1.54) is 25.5 Å². The van der Waals surface area contributed by atoms with E-state index < -0.39 is 5.97 Å². The normalized spacial score (nSPS) is 17.7. The number of nitrogens with zero attached hydrogens (tertiary/aromatic N) is 2. The molecule has 0 saturated carbocycles. The van der Waals surface area contributed by atoms with Gasteiger partial charge in [-0.2, -0.15) is 0 Å². The molecule has 0 bridgehead atoms. The van der Waals surface area contributed by atoms with Gasteiger partial charge in [-0.15, -0.1) is 0 Å². The molecule has 0 amide bonds. The van der Waals surface area contributed by atoms with E-state index in [0.29, 0.717) is 5.41 Å². The number of carbonyl (C=O) groups is 1. The Morgan fingerprint density at radius 3 is 2.63 bits per heavy atom. The van der Waals surface area contributed by atoms with Crippen LogP contribution in [-0.4, -0.2) is 29.1 Å². The van der Waals surface area contributed by atoms with Crippen LogP contribution in [0.3, 0.4) is 0 Å². The van der Waals surface area contributed by atoms with Crippen molar-refractivity contribution < 1.29 is 9.90 Å². The van der Waals surface area contributed by atoms with Crippen molar-refractivity contribution in [3.05, 3.63) is 23.4 Å². The van der Waals surface area contributed by atoms with Crippen molar-refractivity contribution in [2.45, 2.75) is 40.0 Å². The number of aromatic nitrogens is 1. The topological polar surface area (TPSA) is 53.4 Å². The van der Waals surface area contributed by atoms with Crippen molar-refractivity contribution in [3.63, 3.8) is 0 Å². The van der Waals surface area contributed by atoms with Crippen molar-refractivity contribution in [2.24, 2.45) is 5.41 Å². The van der Waals surface area contributed by atoms with Gasteiger partial charge in [-0.1, -0.05) is 13.8 Å². The highest BCUT2D eigenvalue weighted by atomic mass is 16.4. The largest absolute Gasteiger partial charge is 0.478 e. The number of anilines is 1. The fourth-order valence-corrected chi connectivity index (χ4v) is 2.96. The quantitative estimate of drug-likeness (QED) is 0.906. The Labute approximate surface area is 114 Å². The van der Waals surface area contributed by atoms with E-state index in [2.05, 4.69) is 23.7 Å². The van der Waals surface area contributed by atoms with Gasteiger partial charge in [0.15, 0.2) is 0 Å². The number of pyridine rings is 1. The van der Waals surface area contributed by atoms with E-state index in [1.807, 2.05) is 6.92 Å². The molecule has 0 spiro atoms. The lowest BCUT2D eigenvalue weighted by Gasteiger charge is -2.27. The Balaban J connectivity index is 2.22. The second-order valence-corrected chi connectivity index (χ2v) is 5.55. The molecule has 2 rings (SSSR count). The van der Waals surface area contributed by atoms with Gasteiger partial charge in [0.1, 0.15) is 5.82 Å². The first-order valence-corrected chi connectivity index (χ1v) is 6.96. The standard InChI is InChI=1S/C15H22N2O2/c1-4-15(5-2)6-7-17(10-15)13-11(3)8-12(9-16-13)14(18)19/h8-9H,4-7,10H2,1-3H3,(H,18,19). The van der Waals surface area contributed by atoms with E-state index in [1.54, 1.807) is 6.07 Å². The summed E-state index contributed by atoms with van der Waals surface area (Å²) in [6.07, 6.45) is 5.03. The minimum Gasteiger partial charge on any atom is -0.478 e. The number of hydrogen-bond donors (Lipinski definition) is 1. The first kappa shape index (κ1) is 13.8. The van der Waals surface area contributed by atoms with Crippen molar-refractivity contribution in [2.75, 3.05) is 18.0 Å². The monoisotopic (exact) mass is 262 g/mol. The average molecular weight is 262 g/mol. The third-order valence-corrected chi connectivity index (χ3v) is 4.54. The van der Waals surface area contributed by atoms with Gasteiger partial charge in [-0.3, -0.25) is 0 Å². The molecule has 0 radical (unpaired) electrons. The molecule has 1 saturated heterocycles. The Morgan fingerprint density at radius 2 is 2.16 bits per heavy atom. The third kappa shape index (κ3) is 2.57. The molecule has 19 heavy (non-hydrogen) atoms.